The minimum absolute atomic E-state index is 0.0235. The van der Waals surface area contributed by atoms with Crippen molar-refractivity contribution >= 4 is 5.97 Å². The Morgan fingerprint density at radius 2 is 1.79 bits per heavy atom. The number of rotatable bonds is 3. The maximum atomic E-state index is 12.4. The van der Waals surface area contributed by atoms with Gasteiger partial charge < -0.3 is 25.6 Å². The molecular formula is C28H44N2O4. The van der Waals surface area contributed by atoms with Crippen LogP contribution in [0.15, 0.2) is 11.6 Å². The maximum absolute atomic E-state index is 12.4. The van der Waals surface area contributed by atoms with Gasteiger partial charge in [-0.2, -0.15) is 0 Å². The lowest BCUT2D eigenvalue weighted by Crippen LogP contribution is -2.67. The number of piperidine rings is 1. The lowest BCUT2D eigenvalue weighted by atomic mass is 9.42. The Morgan fingerprint density at radius 1 is 1.00 bits per heavy atom. The number of carbonyl (C=O) groups is 1. The summed E-state index contributed by atoms with van der Waals surface area (Å²) >= 11 is 0. The van der Waals surface area contributed by atoms with E-state index in [1.807, 2.05) is 0 Å². The molecule has 0 unspecified atom stereocenters. The van der Waals surface area contributed by atoms with Crippen LogP contribution in [0.2, 0.25) is 0 Å². The van der Waals surface area contributed by atoms with Crippen molar-refractivity contribution in [3.8, 4) is 0 Å². The molecule has 5 fully saturated rings. The van der Waals surface area contributed by atoms with E-state index in [-0.39, 0.29) is 23.2 Å². The molecule has 190 valence electrons. The number of aliphatic hydroxyl groups excluding tert-OH is 1. The van der Waals surface area contributed by atoms with Gasteiger partial charge in [-0.1, -0.05) is 13.8 Å². The van der Waals surface area contributed by atoms with Crippen LogP contribution in [0.3, 0.4) is 0 Å². The molecule has 6 nitrogen and oxygen atoms in total. The molecule has 4 N–H and O–H groups in total. The molecule has 0 spiro atoms. The second-order valence-electron chi connectivity index (χ2n) is 13.0. The number of carbonyl (C=O) groups excluding carboxylic acids is 1. The van der Waals surface area contributed by atoms with Crippen molar-refractivity contribution in [2.45, 2.75) is 102 Å². The summed E-state index contributed by atoms with van der Waals surface area (Å²) in [7, 11) is 0. The molecule has 2 heterocycles. The third kappa shape index (κ3) is 3.31. The first-order valence-electron chi connectivity index (χ1n) is 14.0. The summed E-state index contributed by atoms with van der Waals surface area (Å²) in [5.41, 5.74) is -0.308. The Bertz CT molecular complexity index is 855. The number of nitrogens with one attached hydrogen (secondary N) is 2. The number of fused-ring (bicyclic) bond motifs is 5. The molecule has 34 heavy (non-hydrogen) atoms. The van der Waals surface area contributed by atoms with Gasteiger partial charge in [-0.05, 0) is 112 Å². The molecule has 6 aliphatic rings. The summed E-state index contributed by atoms with van der Waals surface area (Å²) < 4.78 is 5.22. The number of esters is 1. The van der Waals surface area contributed by atoms with E-state index in [2.05, 4.69) is 24.5 Å². The van der Waals surface area contributed by atoms with E-state index in [0.29, 0.717) is 30.5 Å². The Balaban J connectivity index is 1.22. The van der Waals surface area contributed by atoms with Gasteiger partial charge in [-0.3, -0.25) is 0 Å². The van der Waals surface area contributed by atoms with Crippen LogP contribution in [0.5, 0.6) is 0 Å². The summed E-state index contributed by atoms with van der Waals surface area (Å²) in [4.78, 5) is 11.8. The molecular weight excluding hydrogens is 428 g/mol. The van der Waals surface area contributed by atoms with Crippen molar-refractivity contribution in [1.29, 1.82) is 0 Å². The molecule has 0 aromatic carbocycles. The molecule has 0 aromatic heterocycles. The molecule has 4 saturated carbocycles. The van der Waals surface area contributed by atoms with Crippen LogP contribution in [-0.4, -0.2) is 59.7 Å². The summed E-state index contributed by atoms with van der Waals surface area (Å²) in [6, 6.07) is 1.27. The van der Waals surface area contributed by atoms with Crippen LogP contribution in [0, 0.1) is 34.5 Å². The van der Waals surface area contributed by atoms with Gasteiger partial charge in [0.2, 0.25) is 0 Å². The normalized spacial score (nSPS) is 51.3. The van der Waals surface area contributed by atoms with Crippen molar-refractivity contribution in [1.82, 2.24) is 10.6 Å². The van der Waals surface area contributed by atoms with Gasteiger partial charge in [-0.15, -0.1) is 0 Å². The fraction of sp³-hybridized carbons (Fsp3) is 0.893. The first-order chi connectivity index (χ1) is 16.3. The van der Waals surface area contributed by atoms with Gasteiger partial charge in [0.25, 0.3) is 0 Å². The van der Waals surface area contributed by atoms with Crippen LogP contribution >= 0.6 is 0 Å². The fourth-order valence-electron chi connectivity index (χ4n) is 9.86. The Labute approximate surface area is 204 Å². The minimum Gasteiger partial charge on any atom is -0.458 e. The molecule has 6 rings (SSSR count). The maximum Gasteiger partial charge on any atom is 0.331 e. The second-order valence-corrected chi connectivity index (χ2v) is 13.0. The first-order valence-corrected chi connectivity index (χ1v) is 14.0. The zero-order chi connectivity index (χ0) is 23.7. The molecule has 0 radical (unpaired) electrons. The molecule has 4 aliphatic carbocycles. The van der Waals surface area contributed by atoms with E-state index in [0.717, 1.165) is 44.3 Å². The van der Waals surface area contributed by atoms with Crippen molar-refractivity contribution < 1.29 is 19.7 Å². The Morgan fingerprint density at radius 3 is 2.53 bits per heavy atom. The number of hydrogen-bond donors (Lipinski definition) is 4. The highest BCUT2D eigenvalue weighted by Gasteiger charge is 2.70. The summed E-state index contributed by atoms with van der Waals surface area (Å²) in [5, 5.41) is 31.5. The highest BCUT2D eigenvalue weighted by Crippen LogP contribution is 2.69. The number of aliphatic hydroxyl groups is 2. The largest absolute Gasteiger partial charge is 0.458 e. The lowest BCUT2D eigenvalue weighted by molar-refractivity contribution is -0.243. The van der Waals surface area contributed by atoms with E-state index >= 15 is 0 Å². The lowest BCUT2D eigenvalue weighted by Gasteiger charge is -2.65. The highest BCUT2D eigenvalue weighted by molar-refractivity contribution is 5.85. The zero-order valence-corrected chi connectivity index (χ0v) is 21.0. The predicted molar refractivity (Wildman–Crippen MR) is 130 cm³/mol. The van der Waals surface area contributed by atoms with Crippen molar-refractivity contribution in [2.75, 3.05) is 19.7 Å². The molecule has 6 heteroatoms. The monoisotopic (exact) mass is 472 g/mol. The SMILES string of the molecule is C[C@]12CC[C@H](NC3CCNCC3)C[C@H]1CC[C@@H]1[C@@H]2C[C@@H](O)[C@]2(C)[C@@H](C3=CC(=O)OC3)CC[C@]12O. The van der Waals surface area contributed by atoms with E-state index in [1.54, 1.807) is 6.08 Å². The highest BCUT2D eigenvalue weighted by atomic mass is 16.5. The summed E-state index contributed by atoms with van der Waals surface area (Å²) in [6.45, 7) is 7.16. The predicted octanol–water partition coefficient (Wildman–Crippen LogP) is 2.92. The molecule has 0 bridgehead atoms. The first kappa shape index (κ1) is 23.4. The van der Waals surface area contributed by atoms with Gasteiger partial charge >= 0.3 is 5.97 Å². The Kier molecular flexibility index (Phi) is 5.72. The van der Waals surface area contributed by atoms with E-state index in [1.165, 1.54) is 38.5 Å². The zero-order valence-electron chi connectivity index (χ0n) is 21.0. The van der Waals surface area contributed by atoms with E-state index in [4.69, 9.17) is 4.74 Å². The Hall–Kier alpha value is -0.950. The summed E-state index contributed by atoms with van der Waals surface area (Å²) in [6.07, 6.45) is 11.8. The van der Waals surface area contributed by atoms with Crippen LogP contribution in [0.25, 0.3) is 0 Å². The van der Waals surface area contributed by atoms with Gasteiger partial charge in [0, 0.05) is 23.6 Å². The minimum atomic E-state index is -0.870. The smallest absolute Gasteiger partial charge is 0.331 e. The molecule has 0 aromatic rings. The summed E-state index contributed by atoms with van der Waals surface area (Å²) in [5.74, 6) is 1.02. The number of hydrogen-bond acceptors (Lipinski definition) is 6. The topological polar surface area (TPSA) is 90.8 Å². The van der Waals surface area contributed by atoms with Crippen molar-refractivity contribution in [3.05, 3.63) is 11.6 Å². The fourth-order valence-corrected chi connectivity index (χ4v) is 9.86. The third-order valence-electron chi connectivity index (χ3n) is 11.9. The van der Waals surface area contributed by atoms with Crippen molar-refractivity contribution in [2.24, 2.45) is 34.5 Å². The standard InChI is InChI=1S/C28H44N2O4/c1-26-9-5-20(30-19-7-11-29-12-8-19)14-18(26)3-4-22-23(26)15-24(31)27(2)21(6-10-28(22,27)33)17-13-25(32)34-16-17/h13,18-24,29-31,33H,3-12,14-16H2,1-2H3/t18-,20+,21-,22-,23+,24-,26+,27+,28+/m1/s1. The van der Waals surface area contributed by atoms with Gasteiger partial charge in [0.1, 0.15) is 6.61 Å². The van der Waals surface area contributed by atoms with E-state index in [9.17, 15) is 15.0 Å². The molecule has 0 amide bonds. The number of ether oxygens (including phenoxy) is 1. The van der Waals surface area contributed by atoms with Crippen LogP contribution < -0.4 is 10.6 Å². The van der Waals surface area contributed by atoms with Gasteiger partial charge in [0.05, 0.1) is 11.7 Å². The molecule has 1 saturated heterocycles. The van der Waals surface area contributed by atoms with Crippen LogP contribution in [-0.2, 0) is 9.53 Å². The van der Waals surface area contributed by atoms with Gasteiger partial charge in [0.15, 0.2) is 0 Å². The van der Waals surface area contributed by atoms with Crippen molar-refractivity contribution in [3.63, 3.8) is 0 Å². The quantitative estimate of drug-likeness (QED) is 0.472. The second kappa shape index (κ2) is 8.29. The number of cyclic esters (lactones) is 1. The third-order valence-corrected chi connectivity index (χ3v) is 11.9. The molecule has 2 aliphatic heterocycles. The molecule has 9 atom stereocenters. The average Bonchev–Trinajstić information content (AvgIpc) is 3.37. The average molecular weight is 473 g/mol. The van der Waals surface area contributed by atoms with Crippen LogP contribution in [0.1, 0.15) is 78.1 Å². The van der Waals surface area contributed by atoms with Gasteiger partial charge in [-0.25, -0.2) is 4.79 Å². The van der Waals surface area contributed by atoms with E-state index < -0.39 is 17.1 Å². The van der Waals surface area contributed by atoms with Crippen LogP contribution in [0.4, 0.5) is 0 Å².